The van der Waals surface area contributed by atoms with Crippen LogP contribution in [0.15, 0.2) is 61.1 Å². The van der Waals surface area contributed by atoms with Gasteiger partial charge < -0.3 is 19.8 Å². The normalized spacial score (nSPS) is 10.8. The minimum atomic E-state index is -5.19. The highest BCUT2D eigenvalue weighted by atomic mass is 19.4. The first kappa shape index (κ1) is 29.5. The first-order valence-electron chi connectivity index (χ1n) is 9.24. The number of rotatable bonds is 4. The van der Waals surface area contributed by atoms with Gasteiger partial charge in [-0.1, -0.05) is 23.4 Å². The van der Waals surface area contributed by atoms with Crippen LogP contribution in [0.3, 0.4) is 0 Å². The lowest BCUT2D eigenvalue weighted by Crippen LogP contribution is -2.67. The molecule has 0 unspecified atom stereocenters. The molecule has 0 aliphatic rings. The second-order valence-corrected chi connectivity index (χ2v) is 6.33. The van der Waals surface area contributed by atoms with Crippen LogP contribution in [0.1, 0.15) is 16.1 Å². The molecule has 194 valence electrons. The number of para-hydroxylation sites is 1. The van der Waals surface area contributed by atoms with Gasteiger partial charge in [0.2, 0.25) is 0 Å². The molecular weight excluding hydrogens is 506 g/mol. The maximum absolute atomic E-state index is 11.4. The van der Waals surface area contributed by atoms with E-state index < -0.39 is 24.3 Å². The number of carbonyl (C=O) groups excluding carboxylic acids is 3. The Kier molecular flexibility index (Phi) is 10.5. The molecule has 0 aliphatic carbocycles. The zero-order valence-electron chi connectivity index (χ0n) is 17.8. The fraction of sp³-hybridized carbons (Fsp3) is 0.158. The number of quaternary nitrogens is 1. The molecule has 0 spiro atoms. The number of hydrogen-bond acceptors (Lipinski definition) is 7. The summed E-state index contributed by atoms with van der Waals surface area (Å²) in [5, 5.41) is 25.9. The van der Waals surface area contributed by atoms with E-state index in [0.717, 1.165) is 11.4 Å². The summed E-state index contributed by atoms with van der Waals surface area (Å²) in [6.45, 7) is 0.582. The van der Waals surface area contributed by atoms with Crippen molar-refractivity contribution in [3.05, 3.63) is 72.3 Å². The van der Waals surface area contributed by atoms with E-state index in [2.05, 4.69) is 21.6 Å². The molecule has 1 aromatic carbocycles. The predicted octanol–water partition coefficient (Wildman–Crippen LogP) is -1.91. The van der Waals surface area contributed by atoms with E-state index in [4.69, 9.17) is 19.8 Å². The number of amides is 1. The number of nitrogens with one attached hydrogen (secondary N) is 1. The van der Waals surface area contributed by atoms with Crippen molar-refractivity contribution in [2.24, 2.45) is 0 Å². The quantitative estimate of drug-likeness (QED) is 0.229. The fourth-order valence-corrected chi connectivity index (χ4v) is 2.08. The number of halogens is 6. The van der Waals surface area contributed by atoms with E-state index in [1.54, 1.807) is 16.8 Å². The smallest absolute Gasteiger partial charge is 0.430 e. The van der Waals surface area contributed by atoms with Gasteiger partial charge in [-0.2, -0.15) is 30.9 Å². The van der Waals surface area contributed by atoms with Gasteiger partial charge in [0.05, 0.1) is 17.4 Å². The average molecular weight is 522 g/mol. The third-order valence-electron chi connectivity index (χ3n) is 3.68. The highest BCUT2D eigenvalue weighted by Crippen LogP contribution is 2.12. The van der Waals surface area contributed by atoms with Crippen molar-refractivity contribution in [2.45, 2.75) is 18.9 Å². The molecule has 11 nitrogen and oxygen atoms in total. The van der Waals surface area contributed by atoms with E-state index in [-0.39, 0.29) is 5.91 Å². The highest BCUT2D eigenvalue weighted by molar-refractivity contribution is 5.92. The van der Waals surface area contributed by atoms with Crippen molar-refractivity contribution < 1.29 is 61.3 Å². The Bertz CT molecular complexity index is 1130. The van der Waals surface area contributed by atoms with Crippen molar-refractivity contribution >= 4 is 17.8 Å². The van der Waals surface area contributed by atoms with Crippen molar-refractivity contribution in [1.82, 2.24) is 20.4 Å². The Labute approximate surface area is 197 Å². The Morgan fingerprint density at radius 3 is 1.81 bits per heavy atom. The molecule has 2 heterocycles. The maximum atomic E-state index is 11.4. The summed E-state index contributed by atoms with van der Waals surface area (Å²) in [6.07, 6.45) is -4.85. The molecular formula is C19H16F6N6O5. The number of carboxylic acids is 2. The Morgan fingerprint density at radius 1 is 0.917 bits per heavy atom. The summed E-state index contributed by atoms with van der Waals surface area (Å²) in [6, 6.07) is 13.3. The second kappa shape index (κ2) is 12.8. The van der Waals surface area contributed by atoms with Crippen LogP contribution in [-0.2, 0) is 16.1 Å². The molecule has 3 aromatic rings. The zero-order chi connectivity index (χ0) is 27.5. The van der Waals surface area contributed by atoms with E-state index in [9.17, 15) is 31.1 Å². The second-order valence-electron chi connectivity index (χ2n) is 6.33. The van der Waals surface area contributed by atoms with Crippen molar-refractivity contribution in [2.75, 3.05) is 0 Å². The molecule has 0 saturated heterocycles. The van der Waals surface area contributed by atoms with Crippen molar-refractivity contribution in [3.8, 4) is 5.69 Å². The van der Waals surface area contributed by atoms with Gasteiger partial charge in [-0.05, 0) is 12.1 Å². The van der Waals surface area contributed by atoms with Gasteiger partial charge in [0, 0.05) is 12.1 Å². The van der Waals surface area contributed by atoms with Crippen LogP contribution in [-0.4, -0.2) is 45.2 Å². The SMILES string of the molecule is O=C([O-])C(F)(F)F.O=C([O-])C(F)(F)F.[NH3+]NC(=O)c1cc[n+](Cc2cn(-c3ccccc3)nn2)cc1. The van der Waals surface area contributed by atoms with Gasteiger partial charge in [0.1, 0.15) is 17.6 Å². The van der Waals surface area contributed by atoms with Gasteiger partial charge in [-0.25, -0.2) is 10.1 Å². The maximum Gasteiger partial charge on any atom is 0.430 e. The van der Waals surface area contributed by atoms with Crippen LogP contribution in [0.2, 0.25) is 0 Å². The van der Waals surface area contributed by atoms with Crippen LogP contribution < -0.4 is 26.0 Å². The number of alkyl halides is 6. The minimum absolute atomic E-state index is 0.206. The van der Waals surface area contributed by atoms with Crippen LogP contribution in [0.5, 0.6) is 0 Å². The Balaban J connectivity index is 0.000000383. The van der Waals surface area contributed by atoms with Crippen LogP contribution in [0.25, 0.3) is 5.69 Å². The molecule has 4 N–H and O–H groups in total. The van der Waals surface area contributed by atoms with Crippen LogP contribution >= 0.6 is 0 Å². The molecule has 3 rings (SSSR count). The summed E-state index contributed by atoms with van der Waals surface area (Å²) in [5.41, 5.74) is 4.72. The van der Waals surface area contributed by atoms with Crippen molar-refractivity contribution in [3.63, 3.8) is 0 Å². The standard InChI is InChI=1S/C15H14N6O.2C2HF3O2/c16-17-15(22)12-6-8-20(9-7-12)10-13-11-21(19-18-13)14-4-2-1-3-5-14;2*3-2(4,5)1(6)7/h1-9,11,16,22H,10H2;2*(H,6,7). The number of aromatic nitrogens is 4. The lowest BCUT2D eigenvalue weighted by atomic mass is 10.2. The molecule has 0 fully saturated rings. The number of pyridine rings is 1. The first-order valence-corrected chi connectivity index (χ1v) is 9.24. The largest absolute Gasteiger partial charge is 0.542 e. The number of carboxylic acid groups (broad SMARTS) is 2. The summed E-state index contributed by atoms with van der Waals surface area (Å²) < 4.78 is 66.8. The average Bonchev–Trinajstić information content (AvgIpc) is 3.28. The van der Waals surface area contributed by atoms with Gasteiger partial charge in [0.25, 0.3) is 5.91 Å². The van der Waals surface area contributed by atoms with E-state index >= 15 is 0 Å². The fourth-order valence-electron chi connectivity index (χ4n) is 2.08. The third-order valence-corrected chi connectivity index (χ3v) is 3.68. The first-order chi connectivity index (χ1) is 16.6. The molecule has 0 aliphatic heterocycles. The summed E-state index contributed by atoms with van der Waals surface area (Å²) >= 11 is 0. The lowest BCUT2D eigenvalue weighted by molar-refractivity contribution is -0.688. The Hall–Kier alpha value is -4.54. The monoisotopic (exact) mass is 522 g/mol. The molecule has 0 saturated carbocycles. The number of carbonyl (C=O) groups is 3. The zero-order valence-corrected chi connectivity index (χ0v) is 17.8. The third kappa shape index (κ3) is 10.2. The Morgan fingerprint density at radius 2 is 1.39 bits per heavy atom. The van der Waals surface area contributed by atoms with Gasteiger partial charge in [-0.15, -0.1) is 5.10 Å². The summed E-state index contributed by atoms with van der Waals surface area (Å²) in [7, 11) is 0. The number of nitrogens with zero attached hydrogens (tertiary/aromatic N) is 4. The number of hydrogen-bond donors (Lipinski definition) is 2. The summed E-state index contributed by atoms with van der Waals surface area (Å²) in [5.74, 6) is -2.86. The molecule has 17 heteroatoms. The minimum Gasteiger partial charge on any atom is -0.542 e. The van der Waals surface area contributed by atoms with Crippen LogP contribution in [0, 0.1) is 0 Å². The molecule has 0 radical (unpaired) electrons. The van der Waals surface area contributed by atoms with E-state index in [0.29, 0.717) is 12.1 Å². The predicted molar refractivity (Wildman–Crippen MR) is 99.6 cm³/mol. The topological polar surface area (TPSA) is 172 Å². The van der Waals surface area contributed by atoms with Gasteiger partial charge in [0.15, 0.2) is 18.9 Å². The molecule has 0 atom stereocenters. The van der Waals surface area contributed by atoms with E-state index in [1.807, 2.05) is 53.5 Å². The van der Waals surface area contributed by atoms with Gasteiger partial charge in [-0.3, -0.25) is 10.6 Å². The molecule has 1 amide bonds. The van der Waals surface area contributed by atoms with Gasteiger partial charge >= 0.3 is 12.4 Å². The molecule has 0 bridgehead atoms. The van der Waals surface area contributed by atoms with Crippen LogP contribution in [0.4, 0.5) is 26.3 Å². The summed E-state index contributed by atoms with van der Waals surface area (Å²) in [4.78, 5) is 29.0. The number of benzene rings is 1. The molecule has 2 aromatic heterocycles. The number of aliphatic carboxylic acids is 2. The molecule has 36 heavy (non-hydrogen) atoms. The van der Waals surface area contributed by atoms with Crippen molar-refractivity contribution in [1.29, 1.82) is 0 Å². The van der Waals surface area contributed by atoms with E-state index in [1.165, 1.54) is 0 Å². The highest BCUT2D eigenvalue weighted by Gasteiger charge is 2.29. The lowest BCUT2D eigenvalue weighted by Gasteiger charge is -2.03.